The highest BCUT2D eigenvalue weighted by molar-refractivity contribution is 7.90. The van der Waals surface area contributed by atoms with Crippen molar-refractivity contribution in [3.05, 3.63) is 23.2 Å². The van der Waals surface area contributed by atoms with Crippen LogP contribution in [0.15, 0.2) is 12.4 Å². The Morgan fingerprint density at radius 3 is 2.55 bits per heavy atom. The minimum absolute atomic E-state index is 0.125. The highest BCUT2D eigenvalue weighted by Crippen LogP contribution is 2.30. The van der Waals surface area contributed by atoms with Gasteiger partial charge in [-0.05, 0) is 31.6 Å². The molecule has 2 rings (SSSR count). The number of nitrogens with one attached hydrogen (secondary N) is 1. The molecule has 20 heavy (non-hydrogen) atoms. The molecule has 0 atom stereocenters. The summed E-state index contributed by atoms with van der Waals surface area (Å²) >= 11 is 5.92. The zero-order chi connectivity index (χ0) is 14.8. The van der Waals surface area contributed by atoms with Crippen molar-refractivity contribution in [2.24, 2.45) is 5.92 Å². The maximum atomic E-state index is 13.6. The van der Waals surface area contributed by atoms with Gasteiger partial charge in [-0.1, -0.05) is 11.6 Å². The van der Waals surface area contributed by atoms with Crippen molar-refractivity contribution in [2.75, 3.05) is 17.3 Å². The van der Waals surface area contributed by atoms with Crippen LogP contribution in [0.25, 0.3) is 0 Å². The SMILES string of the molecule is CS(=O)(=O)CC1CCC(Nc2c(F)cncc2Cl)CC1. The van der Waals surface area contributed by atoms with Gasteiger partial charge in [0.15, 0.2) is 5.82 Å². The monoisotopic (exact) mass is 320 g/mol. The first-order valence-electron chi connectivity index (χ1n) is 6.58. The highest BCUT2D eigenvalue weighted by Gasteiger charge is 2.24. The van der Waals surface area contributed by atoms with Gasteiger partial charge in [-0.15, -0.1) is 0 Å². The summed E-state index contributed by atoms with van der Waals surface area (Å²) in [7, 11) is -2.92. The molecule has 0 bridgehead atoms. The van der Waals surface area contributed by atoms with Gasteiger partial charge < -0.3 is 5.32 Å². The Bertz CT molecular complexity index is 551. The first-order valence-corrected chi connectivity index (χ1v) is 9.02. The van der Waals surface area contributed by atoms with Crippen LogP contribution in [0.2, 0.25) is 5.02 Å². The maximum Gasteiger partial charge on any atom is 0.166 e. The lowest BCUT2D eigenvalue weighted by Crippen LogP contribution is -2.29. The molecule has 1 aromatic rings. The van der Waals surface area contributed by atoms with Gasteiger partial charge in [0.1, 0.15) is 9.84 Å². The molecule has 0 amide bonds. The largest absolute Gasteiger partial charge is 0.379 e. The maximum absolute atomic E-state index is 13.6. The molecular weight excluding hydrogens is 303 g/mol. The lowest BCUT2D eigenvalue weighted by molar-refractivity contribution is 0.361. The van der Waals surface area contributed by atoms with Crippen LogP contribution in [0.4, 0.5) is 10.1 Å². The lowest BCUT2D eigenvalue weighted by Gasteiger charge is -2.29. The van der Waals surface area contributed by atoms with E-state index in [1.54, 1.807) is 0 Å². The van der Waals surface area contributed by atoms with E-state index in [1.165, 1.54) is 12.5 Å². The summed E-state index contributed by atoms with van der Waals surface area (Å²) in [6.07, 6.45) is 7.09. The number of aromatic nitrogens is 1. The fourth-order valence-electron chi connectivity index (χ4n) is 2.65. The number of sulfone groups is 1. The van der Waals surface area contributed by atoms with E-state index in [4.69, 9.17) is 11.6 Å². The van der Waals surface area contributed by atoms with E-state index in [0.29, 0.717) is 0 Å². The minimum atomic E-state index is -2.92. The van der Waals surface area contributed by atoms with Crippen LogP contribution in [0, 0.1) is 11.7 Å². The Hall–Kier alpha value is -0.880. The first-order chi connectivity index (χ1) is 9.35. The third kappa shape index (κ3) is 4.31. The summed E-state index contributed by atoms with van der Waals surface area (Å²) in [6.45, 7) is 0. The summed E-state index contributed by atoms with van der Waals surface area (Å²) in [5, 5.41) is 3.37. The third-order valence-electron chi connectivity index (χ3n) is 3.59. The van der Waals surface area contributed by atoms with Crippen LogP contribution in [-0.4, -0.2) is 31.5 Å². The second kappa shape index (κ2) is 6.26. The second-order valence-electron chi connectivity index (χ2n) is 5.43. The Labute approximate surface area is 123 Å². The zero-order valence-corrected chi connectivity index (χ0v) is 12.8. The van der Waals surface area contributed by atoms with Gasteiger partial charge in [0, 0.05) is 18.5 Å². The molecule has 1 saturated carbocycles. The van der Waals surface area contributed by atoms with Crippen molar-refractivity contribution in [3.8, 4) is 0 Å². The molecular formula is C13H18ClFN2O2S. The summed E-state index contributed by atoms with van der Waals surface area (Å²) in [5.74, 6) is -0.0130. The van der Waals surface area contributed by atoms with Crippen LogP contribution in [-0.2, 0) is 9.84 Å². The van der Waals surface area contributed by atoms with E-state index in [-0.39, 0.29) is 28.4 Å². The van der Waals surface area contributed by atoms with Gasteiger partial charge in [0.05, 0.1) is 22.7 Å². The molecule has 1 N–H and O–H groups in total. The number of hydrogen-bond donors (Lipinski definition) is 1. The van der Waals surface area contributed by atoms with Gasteiger partial charge >= 0.3 is 0 Å². The Balaban J connectivity index is 1.92. The molecule has 1 aromatic heterocycles. The van der Waals surface area contributed by atoms with E-state index in [0.717, 1.165) is 31.9 Å². The molecule has 4 nitrogen and oxygen atoms in total. The molecule has 1 aliphatic rings. The number of rotatable bonds is 4. The van der Waals surface area contributed by atoms with Gasteiger partial charge in [-0.2, -0.15) is 0 Å². The molecule has 112 valence electrons. The van der Waals surface area contributed by atoms with Crippen LogP contribution in [0.1, 0.15) is 25.7 Å². The number of halogens is 2. The molecule has 0 aliphatic heterocycles. The summed E-state index contributed by atoms with van der Waals surface area (Å²) in [6, 6.07) is 0.125. The van der Waals surface area contributed by atoms with Crippen molar-refractivity contribution in [1.29, 1.82) is 0 Å². The van der Waals surface area contributed by atoms with E-state index in [1.807, 2.05) is 0 Å². The van der Waals surface area contributed by atoms with E-state index in [2.05, 4.69) is 10.3 Å². The first kappa shape index (κ1) is 15.5. The van der Waals surface area contributed by atoms with Crippen molar-refractivity contribution in [2.45, 2.75) is 31.7 Å². The fraction of sp³-hybridized carbons (Fsp3) is 0.615. The Morgan fingerprint density at radius 1 is 1.35 bits per heavy atom. The van der Waals surface area contributed by atoms with E-state index < -0.39 is 15.7 Å². The number of hydrogen-bond acceptors (Lipinski definition) is 4. The van der Waals surface area contributed by atoms with Crippen LogP contribution in [0.5, 0.6) is 0 Å². The average Bonchev–Trinajstić information content (AvgIpc) is 2.34. The molecule has 1 fully saturated rings. The highest BCUT2D eigenvalue weighted by atomic mass is 35.5. The summed E-state index contributed by atoms with van der Waals surface area (Å²) < 4.78 is 36.2. The van der Waals surface area contributed by atoms with E-state index >= 15 is 0 Å². The fourth-order valence-corrected chi connectivity index (χ4v) is 4.05. The molecule has 0 aromatic carbocycles. The van der Waals surface area contributed by atoms with Gasteiger partial charge in [-0.25, -0.2) is 12.8 Å². The van der Waals surface area contributed by atoms with Crippen molar-refractivity contribution >= 4 is 27.1 Å². The second-order valence-corrected chi connectivity index (χ2v) is 8.02. The molecule has 1 heterocycles. The van der Waals surface area contributed by atoms with Gasteiger partial charge in [-0.3, -0.25) is 4.98 Å². The number of anilines is 1. The number of pyridine rings is 1. The Morgan fingerprint density at radius 2 is 2.00 bits per heavy atom. The standard InChI is InChI=1S/C13H18ClFN2O2S/c1-20(18,19)8-9-2-4-10(5-3-9)17-13-11(14)6-16-7-12(13)15/h6-7,9-10H,2-5,8H2,1H3,(H,16,17). The topological polar surface area (TPSA) is 59.1 Å². The Kier molecular flexibility index (Phi) is 4.86. The molecule has 7 heteroatoms. The predicted octanol–water partition coefficient (Wildman–Crippen LogP) is 2.89. The van der Waals surface area contributed by atoms with Gasteiger partial charge in [0.2, 0.25) is 0 Å². The molecule has 0 spiro atoms. The lowest BCUT2D eigenvalue weighted by atomic mass is 9.87. The average molecular weight is 321 g/mol. The smallest absolute Gasteiger partial charge is 0.166 e. The van der Waals surface area contributed by atoms with Gasteiger partial charge in [0.25, 0.3) is 0 Å². The van der Waals surface area contributed by atoms with Crippen molar-refractivity contribution < 1.29 is 12.8 Å². The summed E-state index contributed by atoms with van der Waals surface area (Å²) in [5.41, 5.74) is 0.285. The summed E-state index contributed by atoms with van der Waals surface area (Å²) in [4.78, 5) is 3.68. The van der Waals surface area contributed by atoms with Crippen molar-refractivity contribution in [1.82, 2.24) is 4.98 Å². The molecule has 0 saturated heterocycles. The predicted molar refractivity (Wildman–Crippen MR) is 78.3 cm³/mol. The van der Waals surface area contributed by atoms with E-state index in [9.17, 15) is 12.8 Å². The number of nitrogens with zero attached hydrogens (tertiary/aromatic N) is 1. The van der Waals surface area contributed by atoms with Crippen LogP contribution >= 0.6 is 11.6 Å². The normalized spacial score (nSPS) is 23.6. The zero-order valence-electron chi connectivity index (χ0n) is 11.3. The molecule has 0 unspecified atom stereocenters. The molecule has 0 radical (unpaired) electrons. The minimum Gasteiger partial charge on any atom is -0.379 e. The third-order valence-corrected chi connectivity index (χ3v) is 4.95. The molecule has 1 aliphatic carbocycles. The van der Waals surface area contributed by atoms with Crippen molar-refractivity contribution in [3.63, 3.8) is 0 Å². The van der Waals surface area contributed by atoms with Crippen LogP contribution in [0.3, 0.4) is 0 Å². The van der Waals surface area contributed by atoms with Crippen LogP contribution < -0.4 is 5.32 Å². The quantitative estimate of drug-likeness (QED) is 0.926.